The molecule has 144 valence electrons. The van der Waals surface area contributed by atoms with Crippen LogP contribution in [-0.4, -0.2) is 23.6 Å². The third-order valence-electron chi connectivity index (χ3n) is 3.81. The zero-order valence-corrected chi connectivity index (χ0v) is 15.9. The van der Waals surface area contributed by atoms with Crippen molar-refractivity contribution >= 4 is 29.2 Å². The Bertz CT molecular complexity index is 1080. The summed E-state index contributed by atoms with van der Waals surface area (Å²) in [5.74, 6) is 5.00. The van der Waals surface area contributed by atoms with Crippen LogP contribution in [0.3, 0.4) is 0 Å². The van der Waals surface area contributed by atoms with Gasteiger partial charge in [-0.25, -0.2) is 4.79 Å². The number of rotatable bonds is 5. The molecule has 6 heteroatoms. The molecule has 0 atom stereocenters. The van der Waals surface area contributed by atoms with Gasteiger partial charge >= 0.3 is 5.97 Å². The lowest BCUT2D eigenvalue weighted by Crippen LogP contribution is -2.11. The molecule has 0 bridgehead atoms. The highest BCUT2D eigenvalue weighted by Gasteiger charge is 2.06. The minimum atomic E-state index is -1.08. The molecule has 0 aromatic heterocycles. The summed E-state index contributed by atoms with van der Waals surface area (Å²) in [5.41, 5.74) is 2.43. The van der Waals surface area contributed by atoms with Gasteiger partial charge in [-0.1, -0.05) is 41.6 Å². The molecule has 0 unspecified atom stereocenters. The van der Waals surface area contributed by atoms with Gasteiger partial charge in [0.2, 0.25) is 0 Å². The number of nitrogens with one attached hydrogen (secondary N) is 1. The van der Waals surface area contributed by atoms with E-state index in [9.17, 15) is 9.59 Å². The number of amides is 1. The fraction of sp³-hybridized carbons (Fsp3) is 0.0435. The molecule has 3 rings (SSSR count). The second kappa shape index (κ2) is 9.45. The maximum atomic E-state index is 12.2. The molecule has 0 spiro atoms. The van der Waals surface area contributed by atoms with Gasteiger partial charge in [0.1, 0.15) is 5.75 Å². The van der Waals surface area contributed by atoms with Crippen LogP contribution in [0.4, 0.5) is 5.69 Å². The van der Waals surface area contributed by atoms with Gasteiger partial charge < -0.3 is 15.2 Å². The van der Waals surface area contributed by atoms with Crippen LogP contribution in [0.15, 0.2) is 72.8 Å². The summed E-state index contributed by atoms with van der Waals surface area (Å²) >= 11 is 6.00. The quantitative estimate of drug-likeness (QED) is 0.615. The molecule has 0 saturated carbocycles. The van der Waals surface area contributed by atoms with E-state index in [1.54, 1.807) is 66.7 Å². The Morgan fingerprint density at radius 2 is 1.69 bits per heavy atom. The van der Waals surface area contributed by atoms with Crippen molar-refractivity contribution in [3.8, 4) is 17.6 Å². The Hall–Kier alpha value is -3.75. The highest BCUT2D eigenvalue weighted by molar-refractivity contribution is 6.30. The zero-order valence-electron chi connectivity index (χ0n) is 15.2. The Labute approximate surface area is 172 Å². The molecule has 0 aliphatic heterocycles. The minimum Gasteiger partial charge on any atom is -0.481 e. The molecule has 3 aromatic rings. The van der Waals surface area contributed by atoms with E-state index < -0.39 is 12.6 Å². The van der Waals surface area contributed by atoms with E-state index in [1.165, 1.54) is 0 Å². The molecule has 29 heavy (non-hydrogen) atoms. The van der Waals surface area contributed by atoms with Crippen molar-refractivity contribution in [2.75, 3.05) is 11.9 Å². The maximum absolute atomic E-state index is 12.2. The third-order valence-corrected chi connectivity index (χ3v) is 4.05. The number of benzene rings is 3. The fourth-order valence-corrected chi connectivity index (χ4v) is 2.61. The monoisotopic (exact) mass is 405 g/mol. The molecule has 2 N–H and O–H groups in total. The van der Waals surface area contributed by atoms with E-state index in [2.05, 4.69) is 17.2 Å². The number of carboxylic acids is 1. The fourth-order valence-electron chi connectivity index (χ4n) is 2.43. The lowest BCUT2D eigenvalue weighted by Gasteiger charge is -2.06. The molecule has 3 aromatic carbocycles. The van der Waals surface area contributed by atoms with Gasteiger partial charge in [-0.15, -0.1) is 0 Å². The molecule has 5 nitrogen and oxygen atoms in total. The summed E-state index contributed by atoms with van der Waals surface area (Å²) in [5, 5.41) is 12.1. The molecule has 0 heterocycles. The summed E-state index contributed by atoms with van der Waals surface area (Å²) in [6, 6.07) is 20.8. The number of carbonyl (C=O) groups excluding carboxylic acids is 1. The number of carbonyl (C=O) groups is 2. The molecular weight excluding hydrogens is 390 g/mol. The van der Waals surface area contributed by atoms with E-state index in [0.29, 0.717) is 33.1 Å². The van der Waals surface area contributed by atoms with Crippen molar-refractivity contribution in [2.24, 2.45) is 0 Å². The van der Waals surface area contributed by atoms with E-state index in [4.69, 9.17) is 21.4 Å². The predicted octanol–water partition coefficient (Wildman–Crippen LogP) is 4.46. The van der Waals surface area contributed by atoms with Crippen molar-refractivity contribution in [1.29, 1.82) is 0 Å². The number of carboxylic acid groups (broad SMARTS) is 1. The smallest absolute Gasteiger partial charge is 0.341 e. The molecular formula is C23H16ClNO4. The Balaban J connectivity index is 1.72. The van der Waals surface area contributed by atoms with Gasteiger partial charge in [-0.2, -0.15) is 0 Å². The SMILES string of the molecule is O=C(O)COc1ccc(Cl)cc1C#Cc1ccc(NC(=O)c2ccccc2)cc1. The average Bonchev–Trinajstić information content (AvgIpc) is 2.73. The van der Waals surface area contributed by atoms with E-state index in [1.807, 2.05) is 6.07 Å². The van der Waals surface area contributed by atoms with Gasteiger partial charge in [0.25, 0.3) is 5.91 Å². The van der Waals surface area contributed by atoms with Crippen molar-refractivity contribution in [3.63, 3.8) is 0 Å². The molecule has 0 aliphatic carbocycles. The molecule has 1 amide bonds. The first-order chi connectivity index (χ1) is 14.0. The average molecular weight is 406 g/mol. The largest absolute Gasteiger partial charge is 0.481 e. The lowest BCUT2D eigenvalue weighted by molar-refractivity contribution is -0.139. The highest BCUT2D eigenvalue weighted by Crippen LogP contribution is 2.22. The highest BCUT2D eigenvalue weighted by atomic mass is 35.5. The minimum absolute atomic E-state index is 0.191. The molecule has 0 radical (unpaired) electrons. The van der Waals surface area contributed by atoms with Gasteiger partial charge in [-0.3, -0.25) is 4.79 Å². The first kappa shape index (κ1) is 20.0. The lowest BCUT2D eigenvalue weighted by atomic mass is 10.1. The Morgan fingerprint density at radius 1 is 0.966 bits per heavy atom. The van der Waals surface area contributed by atoms with Crippen LogP contribution in [0, 0.1) is 11.8 Å². The number of hydrogen-bond acceptors (Lipinski definition) is 3. The van der Waals surface area contributed by atoms with Crippen molar-refractivity contribution in [2.45, 2.75) is 0 Å². The predicted molar refractivity (Wildman–Crippen MR) is 111 cm³/mol. The van der Waals surface area contributed by atoms with Gasteiger partial charge in [0.15, 0.2) is 6.61 Å². The van der Waals surface area contributed by atoms with E-state index >= 15 is 0 Å². The summed E-state index contributed by atoms with van der Waals surface area (Å²) in [4.78, 5) is 22.9. The number of halogens is 1. The summed E-state index contributed by atoms with van der Waals surface area (Å²) < 4.78 is 5.24. The molecule has 0 fully saturated rings. The van der Waals surface area contributed by atoms with E-state index in [-0.39, 0.29) is 5.91 Å². The molecule has 0 aliphatic rings. The topological polar surface area (TPSA) is 75.6 Å². The van der Waals surface area contributed by atoms with Crippen molar-refractivity contribution in [3.05, 3.63) is 94.5 Å². The first-order valence-electron chi connectivity index (χ1n) is 8.64. The van der Waals surface area contributed by atoms with Crippen LogP contribution in [0.2, 0.25) is 5.02 Å². The van der Waals surface area contributed by atoms with Crippen LogP contribution >= 0.6 is 11.6 Å². The van der Waals surface area contributed by atoms with Crippen LogP contribution in [0.25, 0.3) is 0 Å². The summed E-state index contributed by atoms with van der Waals surface area (Å²) in [7, 11) is 0. The number of hydrogen-bond donors (Lipinski definition) is 2. The second-order valence-corrected chi connectivity index (χ2v) is 6.41. The zero-order chi connectivity index (χ0) is 20.6. The van der Waals surface area contributed by atoms with Gasteiger partial charge in [0.05, 0.1) is 5.56 Å². The van der Waals surface area contributed by atoms with Crippen LogP contribution in [0.1, 0.15) is 21.5 Å². The van der Waals surface area contributed by atoms with Crippen LogP contribution < -0.4 is 10.1 Å². The van der Waals surface area contributed by atoms with Gasteiger partial charge in [-0.05, 0) is 54.6 Å². The number of anilines is 1. The van der Waals surface area contributed by atoms with E-state index in [0.717, 1.165) is 0 Å². The second-order valence-electron chi connectivity index (χ2n) is 5.97. The summed E-state index contributed by atoms with van der Waals surface area (Å²) in [6.45, 7) is -0.466. The Morgan fingerprint density at radius 3 is 2.38 bits per heavy atom. The maximum Gasteiger partial charge on any atom is 0.341 e. The van der Waals surface area contributed by atoms with Crippen LogP contribution in [-0.2, 0) is 4.79 Å². The summed E-state index contributed by atoms with van der Waals surface area (Å²) in [6.07, 6.45) is 0. The van der Waals surface area contributed by atoms with Crippen molar-refractivity contribution < 1.29 is 19.4 Å². The third kappa shape index (κ3) is 5.86. The van der Waals surface area contributed by atoms with Gasteiger partial charge in [0, 0.05) is 21.8 Å². The van der Waals surface area contributed by atoms with Crippen LogP contribution in [0.5, 0.6) is 5.75 Å². The first-order valence-corrected chi connectivity index (χ1v) is 9.02. The molecule has 0 saturated heterocycles. The number of aliphatic carboxylic acids is 1. The normalized spacial score (nSPS) is 9.83. The standard InChI is InChI=1S/C23H16ClNO4/c24-19-10-13-21(29-15-22(26)27)18(14-19)9-6-16-7-11-20(12-8-16)25-23(28)17-4-2-1-3-5-17/h1-5,7-8,10-14H,15H2,(H,25,28)(H,26,27). The Kier molecular flexibility index (Phi) is 6.51. The van der Waals surface area contributed by atoms with Crippen molar-refractivity contribution in [1.82, 2.24) is 0 Å². The number of ether oxygens (including phenoxy) is 1.